The molecule has 0 unspecified atom stereocenters. The lowest BCUT2D eigenvalue weighted by molar-refractivity contribution is -0.137. The zero-order valence-corrected chi connectivity index (χ0v) is 10.6. The number of carbonyl (C=O) groups is 1. The molecule has 0 bridgehead atoms. The largest absolute Gasteiger partial charge is 0.463 e. The quantitative estimate of drug-likeness (QED) is 0.816. The van der Waals surface area contributed by atoms with Crippen molar-refractivity contribution in [2.45, 2.75) is 6.18 Å². The molecule has 0 radical (unpaired) electrons. The van der Waals surface area contributed by atoms with E-state index in [4.69, 9.17) is 22.0 Å². The summed E-state index contributed by atoms with van der Waals surface area (Å²) < 4.78 is 39.2. The van der Waals surface area contributed by atoms with Crippen LogP contribution < -0.4 is 0 Å². The van der Waals surface area contributed by atoms with Gasteiger partial charge in [0.25, 0.3) is 0 Å². The van der Waals surface area contributed by atoms with Crippen LogP contribution in [0.5, 0.6) is 0 Å². The monoisotopic (exact) mass is 316 g/mol. The Bertz CT molecular complexity index is 764. The van der Waals surface area contributed by atoms with Crippen LogP contribution in [0.25, 0.3) is 11.3 Å². The van der Waals surface area contributed by atoms with E-state index in [1.54, 1.807) is 0 Å². The minimum Gasteiger partial charge on any atom is -0.463 e. The highest BCUT2D eigenvalue weighted by atomic mass is 35.5. The van der Waals surface area contributed by atoms with E-state index in [2.05, 4.69) is 10.1 Å². The molecule has 10 heteroatoms. The zero-order chi connectivity index (χ0) is 15.8. The Kier molecular flexibility index (Phi) is 3.57. The van der Waals surface area contributed by atoms with Crippen molar-refractivity contribution in [3.05, 3.63) is 34.7 Å². The molecule has 2 aromatic heterocycles. The van der Waals surface area contributed by atoms with Crippen LogP contribution in [-0.2, 0) is 6.18 Å². The minimum atomic E-state index is -4.80. The van der Waals surface area contributed by atoms with Crippen LogP contribution in [0.3, 0.4) is 0 Å². The van der Waals surface area contributed by atoms with Gasteiger partial charge in [-0.05, 0) is 6.07 Å². The first-order chi connectivity index (χ1) is 9.74. The van der Waals surface area contributed by atoms with E-state index in [1.165, 1.54) is 6.07 Å². The van der Waals surface area contributed by atoms with Crippen molar-refractivity contribution in [2.75, 3.05) is 0 Å². The maximum Gasteiger partial charge on any atom is 0.432 e. The molecule has 2 rings (SSSR count). The van der Waals surface area contributed by atoms with E-state index in [9.17, 15) is 18.0 Å². The predicted octanol–water partition coefficient (Wildman–Crippen LogP) is 3.02. The second kappa shape index (κ2) is 5.06. The Morgan fingerprint density at radius 3 is 2.62 bits per heavy atom. The lowest BCUT2D eigenvalue weighted by atomic mass is 10.1. The molecule has 1 N–H and O–H groups in total. The summed E-state index contributed by atoms with van der Waals surface area (Å²) in [7, 11) is 0. The van der Waals surface area contributed by atoms with Gasteiger partial charge in [-0.3, -0.25) is 0 Å². The van der Waals surface area contributed by atoms with Crippen LogP contribution in [-0.4, -0.2) is 26.0 Å². The molecule has 0 aromatic carbocycles. The van der Waals surface area contributed by atoms with Gasteiger partial charge < -0.3 is 5.11 Å². The summed E-state index contributed by atoms with van der Waals surface area (Å²) in [5.41, 5.74) is -2.25. The number of rotatable bonds is 1. The normalized spacial score (nSPS) is 11.2. The third kappa shape index (κ3) is 2.80. The molecule has 0 aliphatic rings. The van der Waals surface area contributed by atoms with Gasteiger partial charge in [-0.25, -0.2) is 9.78 Å². The molecule has 108 valence electrons. The van der Waals surface area contributed by atoms with Crippen molar-refractivity contribution in [1.82, 2.24) is 14.8 Å². The topological polar surface area (TPSA) is 91.8 Å². The molecular weight excluding hydrogens is 313 g/mol. The number of halogens is 4. The summed E-state index contributed by atoms with van der Waals surface area (Å²) in [5.74, 6) is 0. The summed E-state index contributed by atoms with van der Waals surface area (Å²) in [5, 5.41) is 20.3. The highest BCUT2D eigenvalue weighted by Gasteiger charge is 2.35. The number of pyridine rings is 1. The van der Waals surface area contributed by atoms with E-state index in [1.807, 2.05) is 0 Å². The molecule has 2 aromatic rings. The maximum atomic E-state index is 12.9. The molecule has 6 nitrogen and oxygen atoms in total. The fraction of sp³-hybridized carbons (Fsp3) is 0.0909. The van der Waals surface area contributed by atoms with Gasteiger partial charge in [0.15, 0.2) is 0 Å². The molecule has 0 amide bonds. The highest BCUT2D eigenvalue weighted by molar-refractivity contribution is 6.30. The SMILES string of the molecule is N#Cc1c(C(F)(F)F)cc(-c2cnn(C(=O)O)c2)nc1Cl. The standard InChI is InChI=1S/C11H4ClF3N4O2/c12-9-6(2-16)7(11(13,14)15)1-8(18-9)5-3-17-19(4-5)10(20)21/h1,3-4H,(H,20,21). The van der Waals surface area contributed by atoms with E-state index in [0.717, 1.165) is 12.4 Å². The van der Waals surface area contributed by atoms with Gasteiger partial charge in [0.2, 0.25) is 0 Å². The summed E-state index contributed by atoms with van der Waals surface area (Å²) >= 11 is 5.58. The lowest BCUT2D eigenvalue weighted by Gasteiger charge is -2.10. The van der Waals surface area contributed by atoms with Gasteiger partial charge in [-0.2, -0.15) is 28.2 Å². The van der Waals surface area contributed by atoms with Crippen molar-refractivity contribution in [2.24, 2.45) is 0 Å². The van der Waals surface area contributed by atoms with Crippen molar-refractivity contribution in [3.8, 4) is 17.3 Å². The summed E-state index contributed by atoms with van der Waals surface area (Å²) in [4.78, 5) is 14.3. The average Bonchev–Trinajstić information content (AvgIpc) is 2.86. The third-order valence-electron chi connectivity index (χ3n) is 2.47. The van der Waals surface area contributed by atoms with Crippen LogP contribution in [0.1, 0.15) is 11.1 Å². The second-order valence-electron chi connectivity index (χ2n) is 3.79. The van der Waals surface area contributed by atoms with E-state index >= 15 is 0 Å². The van der Waals surface area contributed by atoms with Crippen molar-refractivity contribution >= 4 is 17.7 Å². The summed E-state index contributed by atoms with van der Waals surface area (Å²) in [6.45, 7) is 0. The average molecular weight is 317 g/mol. The Labute approximate surface area is 120 Å². The minimum absolute atomic E-state index is 0.0225. The number of nitrogens with zero attached hydrogens (tertiary/aromatic N) is 4. The number of nitriles is 1. The Hall–Kier alpha value is -2.60. The summed E-state index contributed by atoms with van der Waals surface area (Å²) in [6.07, 6.45) is -4.20. The Morgan fingerprint density at radius 1 is 1.48 bits per heavy atom. The van der Waals surface area contributed by atoms with Gasteiger partial charge in [0.05, 0.1) is 17.5 Å². The molecule has 0 aliphatic heterocycles. The maximum absolute atomic E-state index is 12.9. The van der Waals surface area contributed by atoms with Crippen LogP contribution in [0, 0.1) is 11.3 Å². The lowest BCUT2D eigenvalue weighted by Crippen LogP contribution is -2.10. The molecule has 0 saturated heterocycles. The van der Waals surface area contributed by atoms with E-state index < -0.39 is 28.5 Å². The van der Waals surface area contributed by atoms with Crippen LogP contribution in [0.2, 0.25) is 5.15 Å². The van der Waals surface area contributed by atoms with Gasteiger partial charge >= 0.3 is 12.3 Å². The first kappa shape index (κ1) is 14.8. The molecule has 0 fully saturated rings. The Morgan fingerprint density at radius 2 is 2.14 bits per heavy atom. The molecular formula is C11H4ClF3N4O2. The van der Waals surface area contributed by atoms with Crippen molar-refractivity contribution in [1.29, 1.82) is 5.26 Å². The second-order valence-corrected chi connectivity index (χ2v) is 4.14. The summed E-state index contributed by atoms with van der Waals surface area (Å²) in [6, 6.07) is 1.96. The first-order valence-corrected chi connectivity index (χ1v) is 5.58. The molecule has 2 heterocycles. The highest BCUT2D eigenvalue weighted by Crippen LogP contribution is 2.36. The first-order valence-electron chi connectivity index (χ1n) is 5.20. The molecule has 0 spiro atoms. The van der Waals surface area contributed by atoms with Crippen molar-refractivity contribution in [3.63, 3.8) is 0 Å². The van der Waals surface area contributed by atoms with Gasteiger partial charge in [-0.15, -0.1) is 0 Å². The van der Waals surface area contributed by atoms with Gasteiger partial charge in [0, 0.05) is 11.8 Å². The third-order valence-corrected chi connectivity index (χ3v) is 2.74. The fourth-order valence-electron chi connectivity index (χ4n) is 1.55. The van der Waals surface area contributed by atoms with Gasteiger partial charge in [0.1, 0.15) is 16.8 Å². The van der Waals surface area contributed by atoms with E-state index in [0.29, 0.717) is 10.7 Å². The molecule has 0 atom stereocenters. The van der Waals surface area contributed by atoms with Crippen LogP contribution in [0.4, 0.5) is 18.0 Å². The number of hydrogen-bond acceptors (Lipinski definition) is 4. The van der Waals surface area contributed by atoms with Crippen LogP contribution >= 0.6 is 11.6 Å². The van der Waals surface area contributed by atoms with Crippen LogP contribution in [0.15, 0.2) is 18.5 Å². The Balaban J connectivity index is 2.63. The number of hydrogen-bond donors (Lipinski definition) is 1. The number of alkyl halides is 3. The molecule has 0 aliphatic carbocycles. The van der Waals surface area contributed by atoms with Crippen molar-refractivity contribution < 1.29 is 23.1 Å². The van der Waals surface area contributed by atoms with E-state index in [-0.39, 0.29) is 11.3 Å². The molecule has 21 heavy (non-hydrogen) atoms. The molecule has 0 saturated carbocycles. The zero-order valence-electron chi connectivity index (χ0n) is 9.89. The number of aromatic nitrogens is 3. The fourth-order valence-corrected chi connectivity index (χ4v) is 1.79. The predicted molar refractivity (Wildman–Crippen MR) is 63.6 cm³/mol. The number of carboxylic acid groups (broad SMARTS) is 1. The van der Waals surface area contributed by atoms with Gasteiger partial charge in [-0.1, -0.05) is 11.6 Å². The smallest absolute Gasteiger partial charge is 0.432 e.